The summed E-state index contributed by atoms with van der Waals surface area (Å²) in [5.74, 6) is 1.08. The summed E-state index contributed by atoms with van der Waals surface area (Å²) >= 11 is 5.43. The Kier molecular flexibility index (Phi) is 5.23. The molecule has 0 atom stereocenters. The Morgan fingerprint density at radius 3 is 2.40 bits per heavy atom. The summed E-state index contributed by atoms with van der Waals surface area (Å²) < 4.78 is 0. The first-order chi connectivity index (χ1) is 12.0. The monoisotopic (exact) mass is 354 g/mol. The van der Waals surface area contributed by atoms with E-state index < -0.39 is 0 Å². The molecular formula is C18H22N6S. The topological polar surface area (TPSA) is 74.2 Å². The maximum Gasteiger partial charge on any atom is 0.229 e. The van der Waals surface area contributed by atoms with E-state index in [1.165, 1.54) is 0 Å². The van der Waals surface area contributed by atoms with Gasteiger partial charge in [-0.25, -0.2) is 15.0 Å². The number of aliphatic imine (C=N–C) groups is 1. The third-order valence-corrected chi connectivity index (χ3v) is 3.90. The summed E-state index contributed by atoms with van der Waals surface area (Å²) in [7, 11) is 0. The minimum absolute atomic E-state index is 0.335. The molecule has 1 aromatic carbocycles. The van der Waals surface area contributed by atoms with Crippen LogP contribution in [0.25, 0.3) is 0 Å². The Morgan fingerprint density at radius 1 is 1.08 bits per heavy atom. The zero-order valence-electron chi connectivity index (χ0n) is 14.6. The van der Waals surface area contributed by atoms with Crippen LogP contribution in [0.2, 0.25) is 0 Å². The summed E-state index contributed by atoms with van der Waals surface area (Å²) in [4.78, 5) is 13.4. The second-order valence-corrected chi connectivity index (χ2v) is 6.61. The van der Waals surface area contributed by atoms with Crippen LogP contribution in [0.1, 0.15) is 29.8 Å². The molecule has 1 fully saturated rings. The molecule has 1 aromatic heterocycles. The standard InChI is InChI=1S/C18H22N6S/c1-11-6-4-5-7-15(11)22-18(25)24-17(21-14-8-9-14)23-16-19-12(2)10-13(3)20-16/h4-7,10,14H,8-9H2,1-3H3,(H3,19,20,21,22,23,24,25). The van der Waals surface area contributed by atoms with E-state index in [1.807, 2.05) is 51.1 Å². The van der Waals surface area contributed by atoms with Gasteiger partial charge in [-0.05, 0) is 63.5 Å². The molecule has 25 heavy (non-hydrogen) atoms. The first-order valence-electron chi connectivity index (χ1n) is 8.30. The molecule has 0 unspecified atom stereocenters. The van der Waals surface area contributed by atoms with E-state index in [9.17, 15) is 0 Å². The molecule has 3 rings (SSSR count). The molecule has 0 radical (unpaired) electrons. The fraction of sp³-hybridized carbons (Fsp3) is 0.333. The van der Waals surface area contributed by atoms with Gasteiger partial charge >= 0.3 is 0 Å². The molecule has 0 bridgehead atoms. The number of benzene rings is 1. The van der Waals surface area contributed by atoms with Crippen molar-refractivity contribution in [1.82, 2.24) is 15.3 Å². The van der Waals surface area contributed by atoms with E-state index in [4.69, 9.17) is 12.2 Å². The molecule has 6 nitrogen and oxygen atoms in total. The van der Waals surface area contributed by atoms with Crippen molar-refractivity contribution in [2.24, 2.45) is 4.99 Å². The molecule has 1 heterocycles. The van der Waals surface area contributed by atoms with Crippen molar-refractivity contribution in [1.29, 1.82) is 0 Å². The summed E-state index contributed by atoms with van der Waals surface area (Å²) in [5.41, 5.74) is 3.90. The lowest BCUT2D eigenvalue weighted by Crippen LogP contribution is -2.39. The second-order valence-electron chi connectivity index (χ2n) is 6.20. The van der Waals surface area contributed by atoms with Crippen molar-refractivity contribution < 1.29 is 0 Å². The van der Waals surface area contributed by atoms with Crippen molar-refractivity contribution in [3.8, 4) is 0 Å². The van der Waals surface area contributed by atoms with E-state index in [0.29, 0.717) is 23.1 Å². The Labute approximate surface area is 153 Å². The van der Waals surface area contributed by atoms with Gasteiger partial charge < -0.3 is 10.6 Å². The highest BCUT2D eigenvalue weighted by atomic mass is 32.1. The molecule has 130 valence electrons. The minimum atomic E-state index is 0.335. The molecule has 1 aliphatic rings. The van der Waals surface area contributed by atoms with Gasteiger partial charge in [0.1, 0.15) is 0 Å². The van der Waals surface area contributed by atoms with Crippen LogP contribution in [0.15, 0.2) is 35.3 Å². The average Bonchev–Trinajstić information content (AvgIpc) is 3.32. The van der Waals surface area contributed by atoms with Crippen LogP contribution in [-0.4, -0.2) is 27.1 Å². The van der Waals surface area contributed by atoms with E-state index in [-0.39, 0.29) is 0 Å². The Bertz CT molecular complexity index is 793. The van der Waals surface area contributed by atoms with Crippen LogP contribution in [-0.2, 0) is 0 Å². The first kappa shape index (κ1) is 17.3. The largest absolute Gasteiger partial charge is 0.332 e. The van der Waals surface area contributed by atoms with Crippen molar-refractivity contribution >= 4 is 34.9 Å². The van der Waals surface area contributed by atoms with E-state index >= 15 is 0 Å². The van der Waals surface area contributed by atoms with E-state index in [1.54, 1.807) is 0 Å². The molecular weight excluding hydrogens is 332 g/mol. The van der Waals surface area contributed by atoms with Crippen LogP contribution in [0, 0.1) is 20.8 Å². The van der Waals surface area contributed by atoms with Crippen molar-refractivity contribution in [2.75, 3.05) is 10.6 Å². The predicted octanol–water partition coefficient (Wildman–Crippen LogP) is 3.32. The highest BCUT2D eigenvalue weighted by Crippen LogP contribution is 2.23. The van der Waals surface area contributed by atoms with E-state index in [2.05, 4.69) is 30.9 Å². The third kappa shape index (κ3) is 5.22. The van der Waals surface area contributed by atoms with Crippen molar-refractivity contribution in [3.05, 3.63) is 47.3 Å². The minimum Gasteiger partial charge on any atom is -0.332 e. The van der Waals surface area contributed by atoms with Crippen LogP contribution >= 0.6 is 12.2 Å². The van der Waals surface area contributed by atoms with Gasteiger partial charge in [0.2, 0.25) is 11.9 Å². The van der Waals surface area contributed by atoms with Gasteiger partial charge in [0.05, 0.1) is 6.04 Å². The van der Waals surface area contributed by atoms with Crippen molar-refractivity contribution in [3.63, 3.8) is 0 Å². The molecule has 1 saturated carbocycles. The molecule has 2 aromatic rings. The molecule has 0 aliphatic heterocycles. The molecule has 0 amide bonds. The zero-order valence-corrected chi connectivity index (χ0v) is 15.4. The lowest BCUT2D eigenvalue weighted by atomic mass is 10.2. The highest BCUT2D eigenvalue weighted by molar-refractivity contribution is 7.80. The van der Waals surface area contributed by atoms with Crippen LogP contribution < -0.4 is 16.0 Å². The first-order valence-corrected chi connectivity index (χ1v) is 8.71. The molecule has 7 heteroatoms. The maximum absolute atomic E-state index is 5.43. The SMILES string of the molecule is Cc1cc(C)nc(NC(=NC2CC2)NC(=S)Nc2ccccc2C)n1. The number of anilines is 2. The van der Waals surface area contributed by atoms with Crippen molar-refractivity contribution in [2.45, 2.75) is 39.7 Å². The normalized spacial score (nSPS) is 14.1. The number of aryl methyl sites for hydroxylation is 3. The number of hydrogen-bond acceptors (Lipinski definition) is 4. The van der Waals surface area contributed by atoms with Gasteiger partial charge in [-0.1, -0.05) is 18.2 Å². The number of thiocarbonyl (C=S) groups is 1. The van der Waals surface area contributed by atoms with Gasteiger partial charge in [0.25, 0.3) is 0 Å². The summed E-state index contributed by atoms with van der Waals surface area (Å²) in [6.45, 7) is 5.91. The van der Waals surface area contributed by atoms with Gasteiger partial charge in [-0.2, -0.15) is 0 Å². The number of hydrogen-bond donors (Lipinski definition) is 3. The Hall–Kier alpha value is -2.54. The smallest absolute Gasteiger partial charge is 0.229 e. The quantitative estimate of drug-likeness (QED) is 0.446. The number of nitrogens with one attached hydrogen (secondary N) is 3. The maximum atomic E-state index is 5.43. The summed E-state index contributed by atoms with van der Waals surface area (Å²) in [5, 5.41) is 9.96. The van der Waals surface area contributed by atoms with Gasteiger partial charge in [-0.3, -0.25) is 5.32 Å². The zero-order chi connectivity index (χ0) is 17.8. The molecule has 1 aliphatic carbocycles. The van der Waals surface area contributed by atoms with Gasteiger partial charge in [-0.15, -0.1) is 0 Å². The van der Waals surface area contributed by atoms with Gasteiger partial charge in [0, 0.05) is 17.1 Å². The molecule has 3 N–H and O–H groups in total. The predicted molar refractivity (Wildman–Crippen MR) is 106 cm³/mol. The lowest BCUT2D eigenvalue weighted by molar-refractivity contribution is 1.02. The number of rotatable bonds is 3. The summed E-state index contributed by atoms with van der Waals surface area (Å²) in [6.07, 6.45) is 2.19. The third-order valence-electron chi connectivity index (χ3n) is 3.70. The second kappa shape index (κ2) is 7.57. The highest BCUT2D eigenvalue weighted by Gasteiger charge is 2.22. The fourth-order valence-electron chi connectivity index (χ4n) is 2.34. The number of nitrogens with zero attached hydrogens (tertiary/aromatic N) is 3. The number of para-hydroxylation sites is 1. The van der Waals surface area contributed by atoms with Crippen LogP contribution in [0.3, 0.4) is 0 Å². The molecule has 0 saturated heterocycles. The molecule has 0 spiro atoms. The lowest BCUT2D eigenvalue weighted by Gasteiger charge is -2.15. The van der Waals surface area contributed by atoms with Crippen LogP contribution in [0.4, 0.5) is 11.6 Å². The fourth-order valence-corrected chi connectivity index (χ4v) is 2.55. The summed E-state index contributed by atoms with van der Waals surface area (Å²) in [6, 6.07) is 10.3. The number of aromatic nitrogens is 2. The Morgan fingerprint density at radius 2 is 1.76 bits per heavy atom. The van der Waals surface area contributed by atoms with E-state index in [0.717, 1.165) is 35.5 Å². The Balaban J connectivity index is 1.71. The van der Waals surface area contributed by atoms with Crippen LogP contribution in [0.5, 0.6) is 0 Å². The number of guanidine groups is 1. The van der Waals surface area contributed by atoms with Gasteiger partial charge in [0.15, 0.2) is 5.11 Å². The average molecular weight is 354 g/mol.